The summed E-state index contributed by atoms with van der Waals surface area (Å²) >= 11 is 6.35. The van der Waals surface area contributed by atoms with Crippen LogP contribution in [0.3, 0.4) is 0 Å². The van der Waals surface area contributed by atoms with Gasteiger partial charge in [-0.3, -0.25) is 9.78 Å². The van der Waals surface area contributed by atoms with Crippen molar-refractivity contribution in [1.82, 2.24) is 10.3 Å². The van der Waals surface area contributed by atoms with E-state index in [1.807, 2.05) is 48.5 Å². The Morgan fingerprint density at radius 3 is 2.29 bits per heavy atom. The maximum absolute atomic E-state index is 12.4. The SMILES string of the molecule is O=C(COc1ccc(-c2ccccc2)cc1Cl)Nc1cccc(NC(=O)NCc2ccncc2)c1. The topological polar surface area (TPSA) is 92.4 Å². The van der Waals surface area contributed by atoms with Crippen LogP contribution in [0.1, 0.15) is 5.56 Å². The molecule has 0 unspecified atom stereocenters. The number of hydrogen-bond donors (Lipinski definition) is 3. The molecular weight excluding hydrogens is 464 g/mol. The van der Waals surface area contributed by atoms with Crippen LogP contribution in [0.4, 0.5) is 16.2 Å². The van der Waals surface area contributed by atoms with Crippen molar-refractivity contribution >= 4 is 34.9 Å². The van der Waals surface area contributed by atoms with E-state index in [0.717, 1.165) is 16.7 Å². The molecule has 7 nitrogen and oxygen atoms in total. The second-order valence-corrected chi connectivity index (χ2v) is 8.00. The zero-order valence-electron chi connectivity index (χ0n) is 18.7. The Kier molecular flexibility index (Phi) is 7.93. The minimum atomic E-state index is -0.359. The van der Waals surface area contributed by atoms with Crippen molar-refractivity contribution in [2.75, 3.05) is 17.2 Å². The predicted octanol–water partition coefficient (Wildman–Crippen LogP) is 5.74. The third-order valence-electron chi connectivity index (χ3n) is 5.00. The van der Waals surface area contributed by atoms with E-state index >= 15 is 0 Å². The molecule has 4 rings (SSSR count). The number of pyridine rings is 1. The van der Waals surface area contributed by atoms with E-state index in [4.69, 9.17) is 16.3 Å². The minimum absolute atomic E-state index is 0.214. The number of benzene rings is 3. The van der Waals surface area contributed by atoms with Crippen molar-refractivity contribution in [2.24, 2.45) is 0 Å². The molecule has 1 heterocycles. The Hall–Kier alpha value is -4.36. The molecule has 3 aromatic carbocycles. The molecule has 3 N–H and O–H groups in total. The van der Waals surface area contributed by atoms with E-state index in [1.165, 1.54) is 0 Å². The molecule has 0 aliphatic heterocycles. The van der Waals surface area contributed by atoms with Crippen molar-refractivity contribution in [2.45, 2.75) is 6.54 Å². The number of urea groups is 1. The zero-order chi connectivity index (χ0) is 24.5. The number of halogens is 1. The molecule has 176 valence electrons. The number of rotatable bonds is 8. The Labute approximate surface area is 208 Å². The smallest absolute Gasteiger partial charge is 0.319 e. The highest BCUT2D eigenvalue weighted by Crippen LogP contribution is 2.30. The summed E-state index contributed by atoms with van der Waals surface area (Å²) in [6.07, 6.45) is 3.33. The van der Waals surface area contributed by atoms with Crippen LogP contribution in [0.25, 0.3) is 11.1 Å². The maximum atomic E-state index is 12.4. The highest BCUT2D eigenvalue weighted by molar-refractivity contribution is 6.32. The van der Waals surface area contributed by atoms with Crippen molar-refractivity contribution < 1.29 is 14.3 Å². The van der Waals surface area contributed by atoms with E-state index in [0.29, 0.717) is 28.7 Å². The molecule has 0 atom stereocenters. The molecule has 35 heavy (non-hydrogen) atoms. The number of anilines is 2. The van der Waals surface area contributed by atoms with Gasteiger partial charge in [0.25, 0.3) is 5.91 Å². The third-order valence-corrected chi connectivity index (χ3v) is 5.30. The zero-order valence-corrected chi connectivity index (χ0v) is 19.5. The number of aromatic nitrogens is 1. The average Bonchev–Trinajstić information content (AvgIpc) is 2.88. The monoisotopic (exact) mass is 486 g/mol. The fraction of sp³-hybridized carbons (Fsp3) is 0.0741. The molecule has 1 aromatic heterocycles. The first-order chi connectivity index (χ1) is 17.1. The summed E-state index contributed by atoms with van der Waals surface area (Å²) in [7, 11) is 0. The van der Waals surface area contributed by atoms with Crippen LogP contribution in [0.5, 0.6) is 5.75 Å². The van der Waals surface area contributed by atoms with E-state index in [1.54, 1.807) is 48.8 Å². The molecule has 0 spiro atoms. The van der Waals surface area contributed by atoms with E-state index in [-0.39, 0.29) is 18.5 Å². The van der Waals surface area contributed by atoms with Gasteiger partial charge in [0.1, 0.15) is 5.75 Å². The van der Waals surface area contributed by atoms with Gasteiger partial charge in [0.05, 0.1) is 5.02 Å². The van der Waals surface area contributed by atoms with Gasteiger partial charge in [-0.1, -0.05) is 54.1 Å². The molecule has 4 aromatic rings. The first-order valence-corrected chi connectivity index (χ1v) is 11.3. The van der Waals surface area contributed by atoms with Gasteiger partial charge >= 0.3 is 6.03 Å². The summed E-state index contributed by atoms with van der Waals surface area (Å²) in [6.45, 7) is 0.158. The summed E-state index contributed by atoms with van der Waals surface area (Å²) in [5, 5.41) is 8.69. The van der Waals surface area contributed by atoms with Crippen LogP contribution in [-0.4, -0.2) is 23.5 Å². The largest absolute Gasteiger partial charge is 0.482 e. The highest BCUT2D eigenvalue weighted by Gasteiger charge is 2.09. The second kappa shape index (κ2) is 11.7. The van der Waals surface area contributed by atoms with Crippen LogP contribution in [-0.2, 0) is 11.3 Å². The third kappa shape index (κ3) is 7.06. The number of carbonyl (C=O) groups is 2. The normalized spacial score (nSPS) is 10.3. The quantitative estimate of drug-likeness (QED) is 0.296. The van der Waals surface area contributed by atoms with Gasteiger partial charge in [0.15, 0.2) is 6.61 Å². The molecule has 0 aliphatic rings. The van der Waals surface area contributed by atoms with Crippen molar-refractivity contribution in [3.63, 3.8) is 0 Å². The molecule has 8 heteroatoms. The van der Waals surface area contributed by atoms with E-state index < -0.39 is 0 Å². The van der Waals surface area contributed by atoms with Gasteiger partial charge in [0, 0.05) is 30.3 Å². The number of carbonyl (C=O) groups excluding carboxylic acids is 2. The lowest BCUT2D eigenvalue weighted by atomic mass is 10.1. The van der Waals surface area contributed by atoms with Gasteiger partial charge in [-0.25, -0.2) is 4.79 Å². The van der Waals surface area contributed by atoms with Crippen molar-refractivity contribution in [1.29, 1.82) is 0 Å². The summed E-state index contributed by atoms with van der Waals surface area (Å²) in [4.78, 5) is 28.5. The van der Waals surface area contributed by atoms with Gasteiger partial charge in [-0.2, -0.15) is 0 Å². The van der Waals surface area contributed by atoms with Gasteiger partial charge in [0.2, 0.25) is 0 Å². The average molecular weight is 487 g/mol. The Morgan fingerprint density at radius 1 is 0.800 bits per heavy atom. The lowest BCUT2D eigenvalue weighted by molar-refractivity contribution is -0.118. The van der Waals surface area contributed by atoms with Crippen LogP contribution >= 0.6 is 11.6 Å². The first-order valence-electron chi connectivity index (χ1n) is 10.9. The molecule has 0 radical (unpaired) electrons. The summed E-state index contributed by atoms with van der Waals surface area (Å²) in [5.41, 5.74) is 4.00. The Bertz CT molecular complexity index is 1300. The van der Waals surface area contributed by atoms with Crippen LogP contribution < -0.4 is 20.7 Å². The van der Waals surface area contributed by atoms with Gasteiger partial charge in [-0.15, -0.1) is 0 Å². The van der Waals surface area contributed by atoms with E-state index in [9.17, 15) is 9.59 Å². The molecular formula is C27H23ClN4O3. The molecule has 0 aliphatic carbocycles. The summed E-state index contributed by atoms with van der Waals surface area (Å²) in [6, 6.07) is 25.4. The Morgan fingerprint density at radius 2 is 1.54 bits per heavy atom. The lowest BCUT2D eigenvalue weighted by Crippen LogP contribution is -2.28. The molecule has 0 bridgehead atoms. The Balaban J connectivity index is 1.27. The highest BCUT2D eigenvalue weighted by atomic mass is 35.5. The minimum Gasteiger partial charge on any atom is -0.482 e. The van der Waals surface area contributed by atoms with Gasteiger partial charge in [-0.05, 0) is 59.2 Å². The fourth-order valence-corrected chi connectivity index (χ4v) is 3.54. The molecule has 0 saturated carbocycles. The van der Waals surface area contributed by atoms with Crippen LogP contribution in [0.2, 0.25) is 5.02 Å². The second-order valence-electron chi connectivity index (χ2n) is 7.59. The standard InChI is InChI=1S/C27H23ClN4O3/c28-24-15-21(20-5-2-1-3-6-20)9-10-25(24)35-18-26(33)31-22-7-4-8-23(16-22)32-27(34)30-17-19-11-13-29-14-12-19/h1-16H,17-18H2,(H,31,33)(H2,30,32,34). The van der Waals surface area contributed by atoms with Crippen molar-refractivity contribution in [3.05, 3.63) is 108 Å². The van der Waals surface area contributed by atoms with Crippen LogP contribution in [0, 0.1) is 0 Å². The number of ether oxygens (including phenoxy) is 1. The van der Waals surface area contributed by atoms with Crippen LogP contribution in [0.15, 0.2) is 97.3 Å². The summed E-state index contributed by atoms with van der Waals surface area (Å²) < 4.78 is 5.60. The molecule has 0 saturated heterocycles. The molecule has 3 amide bonds. The number of nitrogens with zero attached hydrogens (tertiary/aromatic N) is 1. The first kappa shape index (κ1) is 23.8. The maximum Gasteiger partial charge on any atom is 0.319 e. The fourth-order valence-electron chi connectivity index (χ4n) is 3.30. The van der Waals surface area contributed by atoms with Gasteiger partial charge < -0.3 is 20.7 Å². The van der Waals surface area contributed by atoms with Crippen molar-refractivity contribution in [3.8, 4) is 16.9 Å². The molecule has 0 fully saturated rings. The summed E-state index contributed by atoms with van der Waals surface area (Å²) in [5.74, 6) is 0.0651. The van der Waals surface area contributed by atoms with E-state index in [2.05, 4.69) is 20.9 Å². The predicted molar refractivity (Wildman–Crippen MR) is 138 cm³/mol. The number of hydrogen-bond acceptors (Lipinski definition) is 4. The lowest BCUT2D eigenvalue weighted by Gasteiger charge is -2.12. The number of amides is 3. The number of nitrogens with one attached hydrogen (secondary N) is 3.